The quantitative estimate of drug-likeness (QED) is 0.887. The summed E-state index contributed by atoms with van der Waals surface area (Å²) in [6.07, 6.45) is 3.00. The zero-order chi connectivity index (χ0) is 13.8. The van der Waals surface area contributed by atoms with Crippen LogP contribution in [-0.2, 0) is 6.54 Å². The van der Waals surface area contributed by atoms with E-state index in [-0.39, 0.29) is 5.82 Å². The molecular formula is C14H17ClFN3. The number of benzene rings is 1. The number of rotatable bonds is 5. The highest BCUT2D eigenvalue weighted by Gasteiger charge is 2.05. The van der Waals surface area contributed by atoms with Crippen molar-refractivity contribution in [2.75, 3.05) is 5.32 Å². The molecule has 0 radical (unpaired) electrons. The maximum absolute atomic E-state index is 13.2. The highest BCUT2D eigenvalue weighted by atomic mass is 35.5. The Kier molecular flexibility index (Phi) is 4.43. The van der Waals surface area contributed by atoms with Crippen molar-refractivity contribution in [1.29, 1.82) is 0 Å². The van der Waals surface area contributed by atoms with Gasteiger partial charge in [0, 0.05) is 22.9 Å². The molecule has 3 nitrogen and oxygen atoms in total. The minimum atomic E-state index is -0.347. The zero-order valence-electron chi connectivity index (χ0n) is 11.0. The Morgan fingerprint density at radius 1 is 1.42 bits per heavy atom. The van der Waals surface area contributed by atoms with Crippen LogP contribution in [0.3, 0.4) is 0 Å². The lowest BCUT2D eigenvalue weighted by Crippen LogP contribution is -2.06. The summed E-state index contributed by atoms with van der Waals surface area (Å²) in [4.78, 5) is 0. The van der Waals surface area contributed by atoms with Gasteiger partial charge in [-0.15, -0.1) is 0 Å². The summed E-state index contributed by atoms with van der Waals surface area (Å²) in [5.41, 5.74) is 1.57. The third-order valence-corrected chi connectivity index (χ3v) is 3.26. The van der Waals surface area contributed by atoms with Crippen LogP contribution < -0.4 is 5.32 Å². The smallest absolute Gasteiger partial charge is 0.126 e. The number of hydrogen-bond acceptors (Lipinski definition) is 2. The molecule has 1 unspecified atom stereocenters. The normalized spacial score (nSPS) is 12.4. The topological polar surface area (TPSA) is 29.9 Å². The first-order valence-electron chi connectivity index (χ1n) is 6.32. The zero-order valence-corrected chi connectivity index (χ0v) is 11.8. The molecule has 5 heteroatoms. The Morgan fingerprint density at radius 2 is 2.21 bits per heavy atom. The van der Waals surface area contributed by atoms with Gasteiger partial charge in [0.1, 0.15) is 5.82 Å². The van der Waals surface area contributed by atoms with Crippen molar-refractivity contribution in [2.24, 2.45) is 0 Å². The van der Waals surface area contributed by atoms with Crippen LogP contribution in [0.4, 0.5) is 10.1 Å². The molecule has 0 fully saturated rings. The van der Waals surface area contributed by atoms with E-state index in [2.05, 4.69) is 24.3 Å². The molecular weight excluding hydrogens is 265 g/mol. The average Bonchev–Trinajstić information content (AvgIpc) is 2.83. The van der Waals surface area contributed by atoms with Gasteiger partial charge < -0.3 is 5.32 Å². The molecule has 0 spiro atoms. The lowest BCUT2D eigenvalue weighted by Gasteiger charge is -2.08. The monoisotopic (exact) mass is 281 g/mol. The molecule has 0 amide bonds. The van der Waals surface area contributed by atoms with E-state index in [4.69, 9.17) is 11.6 Å². The molecule has 0 bridgehead atoms. The van der Waals surface area contributed by atoms with Gasteiger partial charge in [-0.25, -0.2) is 4.39 Å². The molecule has 0 aliphatic heterocycles. The van der Waals surface area contributed by atoms with Crippen molar-refractivity contribution in [1.82, 2.24) is 9.78 Å². The fourth-order valence-electron chi connectivity index (χ4n) is 1.75. The minimum absolute atomic E-state index is 0.347. The standard InChI is InChI=1S/C14H17ClFN3/c1-3-10(2)19-5-4-13(18-19)9-17-14-7-11(15)6-12(16)8-14/h4-8,10,17H,3,9H2,1-2H3. The molecule has 0 saturated heterocycles. The van der Waals surface area contributed by atoms with Crippen molar-refractivity contribution < 1.29 is 4.39 Å². The van der Waals surface area contributed by atoms with Gasteiger partial charge in [-0.1, -0.05) is 18.5 Å². The van der Waals surface area contributed by atoms with Crippen LogP contribution in [0.2, 0.25) is 5.02 Å². The molecule has 102 valence electrons. The van der Waals surface area contributed by atoms with Crippen LogP contribution in [-0.4, -0.2) is 9.78 Å². The van der Waals surface area contributed by atoms with Crippen LogP contribution in [0.25, 0.3) is 0 Å². The summed E-state index contributed by atoms with van der Waals surface area (Å²) in [6, 6.07) is 6.73. The van der Waals surface area contributed by atoms with E-state index in [1.807, 2.05) is 16.9 Å². The first kappa shape index (κ1) is 13.9. The van der Waals surface area contributed by atoms with Crippen LogP contribution in [0.1, 0.15) is 32.0 Å². The van der Waals surface area contributed by atoms with E-state index in [0.717, 1.165) is 12.1 Å². The van der Waals surface area contributed by atoms with Gasteiger partial charge in [-0.05, 0) is 37.6 Å². The van der Waals surface area contributed by atoms with Gasteiger partial charge in [-0.3, -0.25) is 4.68 Å². The second kappa shape index (κ2) is 6.06. The summed E-state index contributed by atoms with van der Waals surface area (Å²) in [5.74, 6) is -0.347. The van der Waals surface area contributed by atoms with Crippen molar-refractivity contribution in [2.45, 2.75) is 32.9 Å². The van der Waals surface area contributed by atoms with Gasteiger partial charge in [0.25, 0.3) is 0 Å². The molecule has 1 heterocycles. The molecule has 19 heavy (non-hydrogen) atoms. The van der Waals surface area contributed by atoms with Gasteiger partial charge >= 0.3 is 0 Å². The molecule has 0 saturated carbocycles. The molecule has 2 aromatic rings. The van der Waals surface area contributed by atoms with E-state index in [1.165, 1.54) is 12.1 Å². The Bertz CT molecular complexity index is 533. The number of aromatic nitrogens is 2. The number of hydrogen-bond donors (Lipinski definition) is 1. The maximum atomic E-state index is 13.2. The van der Waals surface area contributed by atoms with Crippen LogP contribution in [0.15, 0.2) is 30.5 Å². The predicted octanol–water partition coefficient (Wildman–Crippen LogP) is 4.26. The number of nitrogens with one attached hydrogen (secondary N) is 1. The molecule has 1 aromatic carbocycles. The summed E-state index contributed by atoms with van der Waals surface area (Å²) >= 11 is 5.80. The Morgan fingerprint density at radius 3 is 2.89 bits per heavy atom. The van der Waals surface area contributed by atoms with Crippen molar-refractivity contribution >= 4 is 17.3 Å². The van der Waals surface area contributed by atoms with E-state index in [9.17, 15) is 4.39 Å². The van der Waals surface area contributed by atoms with Crippen LogP contribution >= 0.6 is 11.6 Å². The van der Waals surface area contributed by atoms with Crippen molar-refractivity contribution in [3.05, 3.63) is 47.0 Å². The lowest BCUT2D eigenvalue weighted by molar-refractivity contribution is 0.474. The molecule has 0 aliphatic rings. The first-order chi connectivity index (χ1) is 9.08. The van der Waals surface area contributed by atoms with E-state index in [0.29, 0.717) is 23.3 Å². The van der Waals surface area contributed by atoms with E-state index in [1.54, 1.807) is 6.07 Å². The van der Waals surface area contributed by atoms with Crippen LogP contribution in [0, 0.1) is 5.82 Å². The predicted molar refractivity (Wildman–Crippen MR) is 76.0 cm³/mol. The highest BCUT2D eigenvalue weighted by molar-refractivity contribution is 6.30. The summed E-state index contributed by atoms with van der Waals surface area (Å²) in [5, 5.41) is 7.96. The summed E-state index contributed by atoms with van der Waals surface area (Å²) < 4.78 is 15.1. The van der Waals surface area contributed by atoms with Gasteiger partial charge in [0.2, 0.25) is 0 Å². The van der Waals surface area contributed by atoms with Gasteiger partial charge in [0.05, 0.1) is 12.2 Å². The van der Waals surface area contributed by atoms with E-state index < -0.39 is 0 Å². The van der Waals surface area contributed by atoms with Crippen molar-refractivity contribution in [3.63, 3.8) is 0 Å². The molecule has 1 aromatic heterocycles. The molecule has 2 rings (SSSR count). The Hall–Kier alpha value is -1.55. The number of anilines is 1. The number of halogens is 2. The minimum Gasteiger partial charge on any atom is -0.379 e. The summed E-state index contributed by atoms with van der Waals surface area (Å²) in [6.45, 7) is 4.79. The maximum Gasteiger partial charge on any atom is 0.126 e. The fraction of sp³-hybridized carbons (Fsp3) is 0.357. The highest BCUT2D eigenvalue weighted by Crippen LogP contribution is 2.18. The number of nitrogens with zero attached hydrogens (tertiary/aromatic N) is 2. The second-order valence-corrected chi connectivity index (χ2v) is 4.99. The summed E-state index contributed by atoms with van der Waals surface area (Å²) in [7, 11) is 0. The lowest BCUT2D eigenvalue weighted by atomic mass is 10.3. The van der Waals surface area contributed by atoms with Gasteiger partial charge in [-0.2, -0.15) is 5.10 Å². The Balaban J connectivity index is 2.00. The molecule has 1 N–H and O–H groups in total. The largest absolute Gasteiger partial charge is 0.379 e. The average molecular weight is 282 g/mol. The van der Waals surface area contributed by atoms with Gasteiger partial charge in [0.15, 0.2) is 0 Å². The fourth-order valence-corrected chi connectivity index (χ4v) is 1.97. The SMILES string of the molecule is CCC(C)n1ccc(CNc2cc(F)cc(Cl)c2)n1. The Labute approximate surface area is 117 Å². The third-order valence-electron chi connectivity index (χ3n) is 3.04. The third kappa shape index (κ3) is 3.70. The van der Waals surface area contributed by atoms with Crippen LogP contribution in [0.5, 0.6) is 0 Å². The van der Waals surface area contributed by atoms with E-state index >= 15 is 0 Å². The van der Waals surface area contributed by atoms with Crippen molar-refractivity contribution in [3.8, 4) is 0 Å². The molecule has 1 atom stereocenters. The second-order valence-electron chi connectivity index (χ2n) is 4.56. The molecule has 0 aliphatic carbocycles. The first-order valence-corrected chi connectivity index (χ1v) is 6.70.